The number of nitrogens with one attached hydrogen (secondary N) is 1. The summed E-state index contributed by atoms with van der Waals surface area (Å²) in [7, 11) is -3.77. The Morgan fingerprint density at radius 1 is 1.47 bits per heavy atom. The molecule has 7 nitrogen and oxygen atoms in total. The lowest BCUT2D eigenvalue weighted by atomic mass is 10.5. The van der Waals surface area contributed by atoms with Crippen LogP contribution in [0.25, 0.3) is 0 Å². The van der Waals surface area contributed by atoms with Crippen LogP contribution in [-0.4, -0.2) is 23.6 Å². The molecule has 0 spiro atoms. The lowest BCUT2D eigenvalue weighted by molar-refractivity contribution is 0.600. The van der Waals surface area contributed by atoms with Gasteiger partial charge in [-0.2, -0.15) is 0 Å². The molecule has 0 saturated carbocycles. The number of pyridine rings is 1. The minimum atomic E-state index is -3.77. The molecule has 0 atom stereocenters. The second-order valence-corrected chi connectivity index (χ2v) is 5.81. The van der Waals surface area contributed by atoms with Gasteiger partial charge in [-0.05, 0) is 6.07 Å². The van der Waals surface area contributed by atoms with E-state index >= 15 is 0 Å². The number of hydrogen-bond acceptors (Lipinski definition) is 7. The molecule has 2 aromatic heterocycles. The Hall–Kier alpha value is -1.45. The first-order valence-electron chi connectivity index (χ1n) is 4.19. The van der Waals surface area contributed by atoms with E-state index in [4.69, 9.17) is 17.3 Å². The quantitative estimate of drug-likeness (QED) is 0.871. The van der Waals surface area contributed by atoms with Crippen LogP contribution < -0.4 is 10.5 Å². The van der Waals surface area contributed by atoms with Crippen molar-refractivity contribution < 1.29 is 8.42 Å². The molecule has 3 N–H and O–H groups in total. The third kappa shape index (κ3) is 2.62. The molecular formula is C7H6ClN5O2S2. The largest absolute Gasteiger partial charge is 0.382 e. The number of aromatic nitrogens is 3. The van der Waals surface area contributed by atoms with E-state index in [-0.39, 0.29) is 20.9 Å². The van der Waals surface area contributed by atoms with Crippen LogP contribution in [0, 0.1) is 0 Å². The summed E-state index contributed by atoms with van der Waals surface area (Å²) in [5, 5.41) is 7.32. The molecule has 0 aliphatic heterocycles. The molecule has 2 aromatic rings. The molecule has 0 amide bonds. The fourth-order valence-corrected chi connectivity index (χ4v) is 2.86. The lowest BCUT2D eigenvalue weighted by Gasteiger charge is -2.05. The number of sulfonamides is 1. The van der Waals surface area contributed by atoms with Gasteiger partial charge < -0.3 is 5.73 Å². The zero-order valence-corrected chi connectivity index (χ0v) is 10.6. The Bertz CT molecular complexity index is 628. The fourth-order valence-electron chi connectivity index (χ4n) is 0.969. The Morgan fingerprint density at radius 3 is 2.82 bits per heavy atom. The predicted molar refractivity (Wildman–Crippen MR) is 64.4 cm³/mol. The third-order valence-corrected chi connectivity index (χ3v) is 4.08. The molecule has 2 rings (SSSR count). The normalized spacial score (nSPS) is 11.4. The summed E-state index contributed by atoms with van der Waals surface area (Å²) in [6, 6.07) is 1.22. The van der Waals surface area contributed by atoms with Gasteiger partial charge >= 0.3 is 0 Å². The molecule has 0 bridgehead atoms. The van der Waals surface area contributed by atoms with Gasteiger partial charge in [-0.1, -0.05) is 22.9 Å². The molecule has 0 unspecified atom stereocenters. The summed E-state index contributed by atoms with van der Waals surface area (Å²) in [5.74, 6) is 0.0709. The average Bonchev–Trinajstić information content (AvgIpc) is 2.73. The summed E-state index contributed by atoms with van der Waals surface area (Å²) >= 11 is 6.76. The van der Waals surface area contributed by atoms with Crippen LogP contribution in [0.15, 0.2) is 22.7 Å². The first kappa shape index (κ1) is 12.0. The SMILES string of the molecule is Nc1ncc(S(=O)(=O)Nc2nncs2)cc1Cl. The second-order valence-electron chi connectivity index (χ2n) is 2.89. The van der Waals surface area contributed by atoms with E-state index in [0.717, 1.165) is 17.5 Å². The van der Waals surface area contributed by atoms with Crippen molar-refractivity contribution in [2.45, 2.75) is 4.90 Å². The first-order chi connectivity index (χ1) is 7.99. The third-order valence-electron chi connectivity index (χ3n) is 1.74. The van der Waals surface area contributed by atoms with Crippen molar-refractivity contribution in [3.8, 4) is 0 Å². The highest BCUT2D eigenvalue weighted by Crippen LogP contribution is 2.22. The summed E-state index contributed by atoms with van der Waals surface area (Å²) in [6.07, 6.45) is 1.12. The highest BCUT2D eigenvalue weighted by molar-refractivity contribution is 7.93. The maximum atomic E-state index is 11.9. The van der Waals surface area contributed by atoms with Crippen molar-refractivity contribution in [3.63, 3.8) is 0 Å². The average molecular weight is 292 g/mol. The van der Waals surface area contributed by atoms with Crippen LogP contribution in [0.5, 0.6) is 0 Å². The molecule has 2 heterocycles. The summed E-state index contributed by atoms with van der Waals surface area (Å²) in [6.45, 7) is 0. The lowest BCUT2D eigenvalue weighted by Crippen LogP contribution is -2.13. The van der Waals surface area contributed by atoms with Gasteiger partial charge in [0, 0.05) is 6.20 Å². The number of nitrogens with two attached hydrogens (primary N) is 1. The molecule has 0 aliphatic rings. The van der Waals surface area contributed by atoms with Crippen molar-refractivity contribution in [3.05, 3.63) is 22.8 Å². The maximum absolute atomic E-state index is 11.9. The molecule has 0 aliphatic carbocycles. The van der Waals surface area contributed by atoms with Crippen molar-refractivity contribution in [1.29, 1.82) is 0 Å². The first-order valence-corrected chi connectivity index (χ1v) is 6.93. The molecule has 10 heteroatoms. The zero-order chi connectivity index (χ0) is 12.5. The van der Waals surface area contributed by atoms with Gasteiger partial charge in [0.25, 0.3) is 10.0 Å². The minimum Gasteiger partial charge on any atom is -0.382 e. The van der Waals surface area contributed by atoms with Gasteiger partial charge in [-0.3, -0.25) is 4.72 Å². The molecule has 0 fully saturated rings. The van der Waals surface area contributed by atoms with Crippen LogP contribution in [0.4, 0.5) is 10.9 Å². The smallest absolute Gasteiger partial charge is 0.265 e. The Kier molecular flexibility index (Phi) is 3.13. The maximum Gasteiger partial charge on any atom is 0.265 e. The van der Waals surface area contributed by atoms with Crippen molar-refractivity contribution >= 4 is 43.9 Å². The Balaban J connectivity index is 2.35. The van der Waals surface area contributed by atoms with Crippen LogP contribution in [0.3, 0.4) is 0 Å². The molecular weight excluding hydrogens is 286 g/mol. The van der Waals surface area contributed by atoms with Crippen LogP contribution in [-0.2, 0) is 10.0 Å². The number of hydrogen-bond donors (Lipinski definition) is 2. The van der Waals surface area contributed by atoms with Crippen molar-refractivity contribution in [1.82, 2.24) is 15.2 Å². The van der Waals surface area contributed by atoms with Crippen LogP contribution >= 0.6 is 22.9 Å². The van der Waals surface area contributed by atoms with Gasteiger partial charge in [0.1, 0.15) is 16.2 Å². The van der Waals surface area contributed by atoms with E-state index in [0.29, 0.717) is 0 Å². The summed E-state index contributed by atoms with van der Waals surface area (Å²) < 4.78 is 25.9. The van der Waals surface area contributed by atoms with Crippen molar-refractivity contribution in [2.75, 3.05) is 10.5 Å². The van der Waals surface area contributed by atoms with Crippen LogP contribution in [0.2, 0.25) is 5.02 Å². The van der Waals surface area contributed by atoms with Crippen molar-refractivity contribution in [2.24, 2.45) is 0 Å². The number of rotatable bonds is 3. The van der Waals surface area contributed by atoms with E-state index in [9.17, 15) is 8.42 Å². The molecule has 0 aromatic carbocycles. The monoisotopic (exact) mass is 291 g/mol. The molecule has 0 radical (unpaired) electrons. The highest BCUT2D eigenvalue weighted by Gasteiger charge is 2.17. The van der Waals surface area contributed by atoms with E-state index in [1.54, 1.807) is 0 Å². The van der Waals surface area contributed by atoms with Gasteiger partial charge in [-0.15, -0.1) is 10.2 Å². The number of anilines is 2. The number of nitrogens with zero attached hydrogens (tertiary/aromatic N) is 3. The summed E-state index contributed by atoms with van der Waals surface area (Å²) in [5.41, 5.74) is 6.80. The zero-order valence-electron chi connectivity index (χ0n) is 8.16. The number of halogens is 1. The Labute approximate surface area is 106 Å². The molecule has 0 saturated heterocycles. The predicted octanol–water partition coefficient (Wildman–Crippen LogP) is 0.970. The van der Waals surface area contributed by atoms with E-state index in [1.165, 1.54) is 11.6 Å². The second kappa shape index (κ2) is 4.43. The van der Waals surface area contributed by atoms with Gasteiger partial charge in [0.05, 0.1) is 5.02 Å². The van der Waals surface area contributed by atoms with Gasteiger partial charge in [0.2, 0.25) is 5.13 Å². The van der Waals surface area contributed by atoms with Gasteiger partial charge in [0.15, 0.2) is 0 Å². The fraction of sp³-hybridized carbons (Fsp3) is 0. The van der Waals surface area contributed by atoms with E-state index in [1.807, 2.05) is 0 Å². The van der Waals surface area contributed by atoms with Gasteiger partial charge in [-0.25, -0.2) is 13.4 Å². The highest BCUT2D eigenvalue weighted by atomic mass is 35.5. The summed E-state index contributed by atoms with van der Waals surface area (Å²) in [4.78, 5) is 3.58. The topological polar surface area (TPSA) is 111 Å². The van der Waals surface area contributed by atoms with Crippen LogP contribution in [0.1, 0.15) is 0 Å². The minimum absolute atomic E-state index is 0.0709. The number of nitrogen functional groups attached to an aromatic ring is 1. The van der Waals surface area contributed by atoms with E-state index < -0.39 is 10.0 Å². The molecule has 90 valence electrons. The Morgan fingerprint density at radius 2 is 2.24 bits per heavy atom. The molecule has 17 heavy (non-hydrogen) atoms. The standard InChI is InChI=1S/C7H6ClN5O2S2/c8-5-1-4(2-10-6(5)9)17(14,15)13-7-12-11-3-16-7/h1-3H,(H2,9,10)(H,12,13). The van der Waals surface area contributed by atoms with E-state index in [2.05, 4.69) is 19.9 Å².